The molecule has 10 heteroatoms. The lowest BCUT2D eigenvalue weighted by atomic mass is 9.82. The van der Waals surface area contributed by atoms with Crippen molar-refractivity contribution in [2.45, 2.75) is 115 Å². The average Bonchev–Trinajstić information content (AvgIpc) is 2.97. The van der Waals surface area contributed by atoms with Crippen LogP contribution in [0.3, 0.4) is 0 Å². The molecule has 0 radical (unpaired) electrons. The van der Waals surface area contributed by atoms with Gasteiger partial charge in [0.1, 0.15) is 12.1 Å². The van der Waals surface area contributed by atoms with Crippen molar-refractivity contribution < 1.29 is 24.6 Å². The number of carbonyl (C=O) groups is 3. The molecule has 2 fully saturated rings. The molecule has 236 valence electrons. The molecular formula is C32H53N5O5. The number of aliphatic hydroxyl groups is 2. The van der Waals surface area contributed by atoms with Gasteiger partial charge in [-0.05, 0) is 43.1 Å². The summed E-state index contributed by atoms with van der Waals surface area (Å²) in [5.74, 6) is -0.0320. The van der Waals surface area contributed by atoms with Crippen molar-refractivity contribution in [3.8, 4) is 0 Å². The molecule has 1 aliphatic heterocycles. The highest BCUT2D eigenvalue weighted by atomic mass is 16.3. The Morgan fingerprint density at radius 3 is 2.29 bits per heavy atom. The number of carbonyl (C=O) groups excluding carboxylic acids is 3. The first kappa shape index (κ1) is 33.8. The second kappa shape index (κ2) is 17.4. The summed E-state index contributed by atoms with van der Waals surface area (Å²) in [6.45, 7) is 5.16. The molecule has 1 aliphatic carbocycles. The van der Waals surface area contributed by atoms with Gasteiger partial charge in [0, 0.05) is 38.5 Å². The lowest BCUT2D eigenvalue weighted by molar-refractivity contribution is -0.124. The number of nitrogens with one attached hydrogen (secondary N) is 3. The fourth-order valence-corrected chi connectivity index (χ4v) is 6.06. The van der Waals surface area contributed by atoms with E-state index in [-0.39, 0.29) is 42.8 Å². The molecule has 7 N–H and O–H groups in total. The Bertz CT molecular complexity index is 963. The summed E-state index contributed by atoms with van der Waals surface area (Å²) in [5.41, 5.74) is 6.89. The van der Waals surface area contributed by atoms with Gasteiger partial charge in [0.05, 0.1) is 12.1 Å². The largest absolute Gasteiger partial charge is 0.390 e. The number of aliphatic hydroxyl groups excluding tert-OH is 2. The van der Waals surface area contributed by atoms with E-state index in [4.69, 9.17) is 5.73 Å². The van der Waals surface area contributed by atoms with Crippen molar-refractivity contribution in [3.63, 3.8) is 0 Å². The highest BCUT2D eigenvalue weighted by molar-refractivity contribution is 5.87. The maximum atomic E-state index is 13.2. The normalized spacial score (nSPS) is 19.5. The van der Waals surface area contributed by atoms with E-state index in [0.29, 0.717) is 38.3 Å². The van der Waals surface area contributed by atoms with E-state index in [1.54, 1.807) is 4.90 Å². The van der Waals surface area contributed by atoms with Gasteiger partial charge in [0.2, 0.25) is 11.8 Å². The van der Waals surface area contributed by atoms with Crippen molar-refractivity contribution in [3.05, 3.63) is 35.9 Å². The number of rotatable bonds is 14. The van der Waals surface area contributed by atoms with Crippen LogP contribution in [0.5, 0.6) is 0 Å². The van der Waals surface area contributed by atoms with Gasteiger partial charge in [-0.25, -0.2) is 4.79 Å². The van der Waals surface area contributed by atoms with Crippen LogP contribution in [0.15, 0.2) is 30.3 Å². The van der Waals surface area contributed by atoms with Crippen molar-refractivity contribution in [2.24, 2.45) is 17.6 Å². The zero-order valence-corrected chi connectivity index (χ0v) is 25.5. The maximum absolute atomic E-state index is 13.2. The van der Waals surface area contributed by atoms with Crippen LogP contribution in [0.2, 0.25) is 0 Å². The van der Waals surface area contributed by atoms with Crippen LogP contribution in [0.25, 0.3) is 0 Å². The number of nitrogens with zero attached hydrogens (tertiary/aromatic N) is 1. The highest BCUT2D eigenvalue weighted by Crippen LogP contribution is 2.29. The number of benzene rings is 1. The second-order valence-corrected chi connectivity index (χ2v) is 12.7. The standard InChI is InChI=1S/C32H53N5O5/c1-22(2)19-28(38)30(40)26(20-23-9-5-3-6-10-23)35-29(39)13-16-34-31(41)27(21-24-11-7-4-8-12-24)36-32(42)37-17-14-25(33)15-18-37/h4,7-8,11-12,22-23,25-28,30,38,40H,3,5-6,9-10,13-21,33H2,1-2H3,(H,34,41)(H,35,39)(H,36,42)/t26-,27-,28-,30+/m0/s1. The van der Waals surface area contributed by atoms with Gasteiger partial charge in [-0.2, -0.15) is 0 Å². The molecule has 1 aromatic rings. The first-order valence-corrected chi connectivity index (χ1v) is 15.9. The third-order valence-corrected chi connectivity index (χ3v) is 8.55. The fraction of sp³-hybridized carbons (Fsp3) is 0.719. The summed E-state index contributed by atoms with van der Waals surface area (Å²) in [7, 11) is 0. The number of piperidine rings is 1. The molecule has 1 saturated heterocycles. The number of urea groups is 1. The number of nitrogens with two attached hydrogens (primary N) is 1. The van der Waals surface area contributed by atoms with Gasteiger partial charge in [0.15, 0.2) is 0 Å². The Morgan fingerprint density at radius 2 is 1.64 bits per heavy atom. The molecule has 4 amide bonds. The molecule has 4 atom stereocenters. The van der Waals surface area contributed by atoms with Gasteiger partial charge >= 0.3 is 6.03 Å². The molecule has 10 nitrogen and oxygen atoms in total. The van der Waals surface area contributed by atoms with Gasteiger partial charge in [-0.3, -0.25) is 9.59 Å². The van der Waals surface area contributed by atoms with E-state index < -0.39 is 24.3 Å². The molecule has 0 spiro atoms. The predicted molar refractivity (Wildman–Crippen MR) is 163 cm³/mol. The Balaban J connectivity index is 1.56. The Kier molecular flexibility index (Phi) is 14.0. The summed E-state index contributed by atoms with van der Waals surface area (Å²) in [5, 5.41) is 30.2. The number of hydrogen-bond donors (Lipinski definition) is 6. The van der Waals surface area contributed by atoms with Crippen molar-refractivity contribution in [1.82, 2.24) is 20.9 Å². The van der Waals surface area contributed by atoms with Gasteiger partial charge in [-0.15, -0.1) is 0 Å². The molecule has 1 aromatic carbocycles. The number of amides is 4. The number of likely N-dealkylation sites (tertiary alicyclic amines) is 1. The van der Waals surface area contributed by atoms with Crippen LogP contribution in [0.4, 0.5) is 4.79 Å². The highest BCUT2D eigenvalue weighted by Gasteiger charge is 2.31. The van der Waals surface area contributed by atoms with Crippen molar-refractivity contribution in [1.29, 1.82) is 0 Å². The number of hydrogen-bond acceptors (Lipinski definition) is 6. The van der Waals surface area contributed by atoms with Crippen LogP contribution in [0, 0.1) is 11.8 Å². The smallest absolute Gasteiger partial charge is 0.318 e. The average molecular weight is 588 g/mol. The third kappa shape index (κ3) is 11.5. The summed E-state index contributed by atoms with van der Waals surface area (Å²) in [6.07, 6.45) is 6.53. The molecule has 3 rings (SSSR count). The van der Waals surface area contributed by atoms with E-state index in [9.17, 15) is 24.6 Å². The zero-order valence-electron chi connectivity index (χ0n) is 25.5. The van der Waals surface area contributed by atoms with E-state index in [1.807, 2.05) is 44.2 Å². The zero-order chi connectivity index (χ0) is 30.5. The summed E-state index contributed by atoms with van der Waals surface area (Å²) in [4.78, 5) is 40.8. The minimum Gasteiger partial charge on any atom is -0.390 e. The van der Waals surface area contributed by atoms with Crippen LogP contribution in [0.1, 0.15) is 83.6 Å². The van der Waals surface area contributed by atoms with Crippen LogP contribution >= 0.6 is 0 Å². The van der Waals surface area contributed by atoms with Crippen molar-refractivity contribution in [2.75, 3.05) is 19.6 Å². The Morgan fingerprint density at radius 1 is 0.976 bits per heavy atom. The SMILES string of the molecule is CC(C)C[C@H](O)[C@H](O)[C@H](CC1CCCCC1)NC(=O)CCNC(=O)[C@H](Cc1ccccc1)NC(=O)N1CCC(N)CC1. The molecule has 0 bridgehead atoms. The summed E-state index contributed by atoms with van der Waals surface area (Å²) >= 11 is 0. The predicted octanol–water partition coefficient (Wildman–Crippen LogP) is 2.46. The summed E-state index contributed by atoms with van der Waals surface area (Å²) in [6, 6.07) is 7.93. The molecule has 0 unspecified atom stereocenters. The van der Waals surface area contributed by atoms with Crippen LogP contribution in [-0.4, -0.2) is 82.9 Å². The van der Waals surface area contributed by atoms with Gasteiger partial charge < -0.3 is 36.8 Å². The van der Waals surface area contributed by atoms with E-state index in [1.165, 1.54) is 6.42 Å². The minimum absolute atomic E-state index is 0.0237. The Labute approximate surface area is 251 Å². The van der Waals surface area contributed by atoms with Gasteiger partial charge in [0.25, 0.3) is 0 Å². The molecule has 0 aromatic heterocycles. The van der Waals surface area contributed by atoms with Crippen molar-refractivity contribution >= 4 is 17.8 Å². The monoisotopic (exact) mass is 587 g/mol. The molecule has 1 saturated carbocycles. The lowest BCUT2D eigenvalue weighted by Gasteiger charge is -2.32. The summed E-state index contributed by atoms with van der Waals surface area (Å²) < 4.78 is 0. The topological polar surface area (TPSA) is 157 Å². The third-order valence-electron chi connectivity index (χ3n) is 8.55. The van der Waals surface area contributed by atoms with Gasteiger partial charge in [-0.1, -0.05) is 76.3 Å². The molecule has 1 heterocycles. The lowest BCUT2D eigenvalue weighted by Crippen LogP contribution is -2.54. The molecule has 42 heavy (non-hydrogen) atoms. The first-order chi connectivity index (χ1) is 20.1. The van der Waals surface area contributed by atoms with E-state index in [2.05, 4.69) is 16.0 Å². The van der Waals surface area contributed by atoms with Crippen LogP contribution in [-0.2, 0) is 16.0 Å². The van der Waals surface area contributed by atoms with Crippen LogP contribution < -0.4 is 21.7 Å². The molecular weight excluding hydrogens is 534 g/mol. The second-order valence-electron chi connectivity index (χ2n) is 12.7. The quantitative estimate of drug-likeness (QED) is 0.196. The van der Waals surface area contributed by atoms with E-state index in [0.717, 1.165) is 44.1 Å². The van der Waals surface area contributed by atoms with E-state index >= 15 is 0 Å². The first-order valence-electron chi connectivity index (χ1n) is 15.9. The Hall–Kier alpha value is -2.69. The maximum Gasteiger partial charge on any atom is 0.318 e. The molecule has 2 aliphatic rings. The minimum atomic E-state index is -1.05. The fourth-order valence-electron chi connectivity index (χ4n) is 6.06.